The largest absolute Gasteiger partial charge is 0.497 e. The second-order valence-electron chi connectivity index (χ2n) is 5.82. The summed E-state index contributed by atoms with van der Waals surface area (Å²) in [7, 11) is 1.43. The average molecular weight is 378 g/mol. The van der Waals surface area contributed by atoms with Crippen LogP contribution >= 0.6 is 0 Å². The maximum atomic E-state index is 13.5. The molecule has 1 N–H and O–H groups in total. The van der Waals surface area contributed by atoms with Crippen LogP contribution in [0.1, 0.15) is 25.6 Å². The molecule has 9 heteroatoms. The van der Waals surface area contributed by atoms with E-state index in [1.807, 2.05) is 6.92 Å². The molecule has 0 radical (unpaired) electrons. The molecule has 1 amide bonds. The molecule has 0 saturated heterocycles. The van der Waals surface area contributed by atoms with Gasteiger partial charge in [-0.15, -0.1) is 0 Å². The molecule has 0 saturated carbocycles. The van der Waals surface area contributed by atoms with Gasteiger partial charge in [0, 0.05) is 12.5 Å². The van der Waals surface area contributed by atoms with Crippen molar-refractivity contribution in [2.45, 2.75) is 25.9 Å². The smallest absolute Gasteiger partial charge is 0.450 e. The number of anilines is 1. The normalized spacial score (nSPS) is 11.6. The summed E-state index contributed by atoms with van der Waals surface area (Å²) in [5.41, 5.74) is 0.609. The van der Waals surface area contributed by atoms with Crippen LogP contribution in [0.5, 0.6) is 5.75 Å². The molecule has 0 unspecified atom stereocenters. The fraction of sp³-hybridized carbons (Fsp3) is 0.278. The SMILES string of the molecule is CCCC(=O)Nc1ccc(-n2c(C(F)(F)F)nc3cc(OC)ccc32)cn1. The summed E-state index contributed by atoms with van der Waals surface area (Å²) in [5, 5.41) is 2.60. The highest BCUT2D eigenvalue weighted by molar-refractivity contribution is 5.89. The summed E-state index contributed by atoms with van der Waals surface area (Å²) < 4.78 is 46.5. The molecule has 3 rings (SSSR count). The van der Waals surface area contributed by atoms with Gasteiger partial charge >= 0.3 is 6.18 Å². The lowest BCUT2D eigenvalue weighted by Gasteiger charge is -2.12. The van der Waals surface area contributed by atoms with Gasteiger partial charge in [0.15, 0.2) is 0 Å². The topological polar surface area (TPSA) is 69.0 Å². The first-order valence-corrected chi connectivity index (χ1v) is 8.23. The molecule has 2 aromatic heterocycles. The van der Waals surface area contributed by atoms with E-state index in [-0.39, 0.29) is 28.4 Å². The zero-order chi connectivity index (χ0) is 19.6. The zero-order valence-electron chi connectivity index (χ0n) is 14.7. The molecule has 1 aromatic carbocycles. The third kappa shape index (κ3) is 3.86. The molecule has 3 aromatic rings. The van der Waals surface area contributed by atoms with Gasteiger partial charge < -0.3 is 10.1 Å². The Kier molecular flexibility index (Phi) is 5.02. The molecule has 0 aliphatic carbocycles. The molecular weight excluding hydrogens is 361 g/mol. The van der Waals surface area contributed by atoms with E-state index in [4.69, 9.17) is 4.74 Å². The number of rotatable bonds is 5. The Morgan fingerprint density at radius 2 is 2.04 bits per heavy atom. The van der Waals surface area contributed by atoms with Crippen molar-refractivity contribution in [2.24, 2.45) is 0 Å². The molecule has 0 spiro atoms. The second-order valence-corrected chi connectivity index (χ2v) is 5.82. The van der Waals surface area contributed by atoms with Crippen molar-refractivity contribution in [3.63, 3.8) is 0 Å². The molecule has 2 heterocycles. The number of ether oxygens (including phenoxy) is 1. The average Bonchev–Trinajstić information content (AvgIpc) is 3.01. The van der Waals surface area contributed by atoms with Crippen molar-refractivity contribution in [2.75, 3.05) is 12.4 Å². The highest BCUT2D eigenvalue weighted by Gasteiger charge is 2.38. The van der Waals surface area contributed by atoms with Crippen LogP contribution in [-0.2, 0) is 11.0 Å². The van der Waals surface area contributed by atoms with Crippen LogP contribution in [0.2, 0.25) is 0 Å². The molecule has 0 bridgehead atoms. The minimum atomic E-state index is -4.65. The highest BCUT2D eigenvalue weighted by atomic mass is 19.4. The Labute approximate surface area is 153 Å². The predicted molar refractivity (Wildman–Crippen MR) is 94.0 cm³/mol. The molecule has 0 atom stereocenters. The Hall–Kier alpha value is -3.10. The maximum Gasteiger partial charge on any atom is 0.450 e. The Bertz CT molecular complexity index is 965. The van der Waals surface area contributed by atoms with Crippen LogP contribution in [0.15, 0.2) is 36.5 Å². The van der Waals surface area contributed by atoms with Gasteiger partial charge in [-0.2, -0.15) is 13.2 Å². The van der Waals surface area contributed by atoms with Crippen molar-refractivity contribution in [1.82, 2.24) is 14.5 Å². The number of methoxy groups -OCH3 is 1. The first-order valence-electron chi connectivity index (χ1n) is 8.23. The van der Waals surface area contributed by atoms with Crippen LogP contribution in [0.25, 0.3) is 16.7 Å². The molecule has 0 aliphatic heterocycles. The summed E-state index contributed by atoms with van der Waals surface area (Å²) in [6, 6.07) is 7.42. The Morgan fingerprint density at radius 1 is 1.26 bits per heavy atom. The van der Waals surface area contributed by atoms with Gasteiger partial charge in [0.2, 0.25) is 11.7 Å². The second kappa shape index (κ2) is 7.26. The summed E-state index contributed by atoms with van der Waals surface area (Å²) in [4.78, 5) is 19.4. The summed E-state index contributed by atoms with van der Waals surface area (Å²) in [6.07, 6.45) is -2.36. The highest BCUT2D eigenvalue weighted by Crippen LogP contribution is 2.34. The number of hydrogen-bond acceptors (Lipinski definition) is 4. The summed E-state index contributed by atoms with van der Waals surface area (Å²) >= 11 is 0. The Balaban J connectivity index is 2.05. The van der Waals surface area contributed by atoms with E-state index in [1.165, 1.54) is 37.6 Å². The lowest BCUT2D eigenvalue weighted by atomic mass is 10.3. The fourth-order valence-corrected chi connectivity index (χ4v) is 2.66. The zero-order valence-corrected chi connectivity index (χ0v) is 14.7. The van der Waals surface area contributed by atoms with Gasteiger partial charge in [0.05, 0.1) is 30.0 Å². The number of nitrogens with zero attached hydrogens (tertiary/aromatic N) is 3. The number of hydrogen-bond donors (Lipinski definition) is 1. The van der Waals surface area contributed by atoms with Crippen molar-refractivity contribution in [1.29, 1.82) is 0 Å². The van der Waals surface area contributed by atoms with Crippen LogP contribution in [-0.4, -0.2) is 27.6 Å². The van der Waals surface area contributed by atoms with Crippen molar-refractivity contribution < 1.29 is 22.7 Å². The van der Waals surface area contributed by atoms with Crippen LogP contribution < -0.4 is 10.1 Å². The standard InChI is InChI=1S/C18H17F3N4O2/c1-3-4-16(26)24-15-8-5-11(10-22-15)25-14-7-6-12(27-2)9-13(14)23-17(25)18(19,20)21/h5-10H,3-4H2,1-2H3,(H,22,24,26). The molecule has 6 nitrogen and oxygen atoms in total. The maximum absolute atomic E-state index is 13.5. The third-order valence-corrected chi connectivity index (χ3v) is 3.87. The number of pyridine rings is 1. The van der Waals surface area contributed by atoms with Crippen LogP contribution in [0.3, 0.4) is 0 Å². The monoisotopic (exact) mass is 378 g/mol. The molecule has 142 valence electrons. The van der Waals surface area contributed by atoms with E-state index >= 15 is 0 Å². The lowest BCUT2D eigenvalue weighted by molar-refractivity contribution is -0.145. The van der Waals surface area contributed by atoms with Gasteiger partial charge in [0.1, 0.15) is 11.6 Å². The van der Waals surface area contributed by atoms with Crippen molar-refractivity contribution >= 4 is 22.8 Å². The number of nitrogens with one attached hydrogen (secondary N) is 1. The number of benzene rings is 1. The number of alkyl halides is 3. The number of aromatic nitrogens is 3. The number of carbonyl (C=O) groups excluding carboxylic acids is 1. The number of amides is 1. The lowest BCUT2D eigenvalue weighted by Crippen LogP contribution is -2.15. The van der Waals surface area contributed by atoms with Gasteiger partial charge in [-0.05, 0) is 30.7 Å². The van der Waals surface area contributed by atoms with Crippen molar-refractivity contribution in [3.05, 3.63) is 42.4 Å². The van der Waals surface area contributed by atoms with E-state index < -0.39 is 12.0 Å². The van der Waals surface area contributed by atoms with E-state index in [0.717, 1.165) is 4.57 Å². The first kappa shape index (κ1) is 18.7. The minimum Gasteiger partial charge on any atom is -0.497 e. The van der Waals surface area contributed by atoms with Crippen LogP contribution in [0, 0.1) is 0 Å². The van der Waals surface area contributed by atoms with Crippen molar-refractivity contribution in [3.8, 4) is 11.4 Å². The first-order chi connectivity index (χ1) is 12.8. The van der Waals surface area contributed by atoms with E-state index in [0.29, 0.717) is 18.6 Å². The van der Waals surface area contributed by atoms with Gasteiger partial charge in [0.25, 0.3) is 0 Å². The molecule has 0 fully saturated rings. The number of carbonyl (C=O) groups is 1. The van der Waals surface area contributed by atoms with E-state index in [9.17, 15) is 18.0 Å². The summed E-state index contributed by atoms with van der Waals surface area (Å²) in [6.45, 7) is 1.87. The minimum absolute atomic E-state index is 0.155. The van der Waals surface area contributed by atoms with Gasteiger partial charge in [-0.25, -0.2) is 9.97 Å². The number of halogens is 3. The third-order valence-electron chi connectivity index (χ3n) is 3.87. The van der Waals surface area contributed by atoms with E-state index in [1.54, 1.807) is 6.07 Å². The number of fused-ring (bicyclic) bond motifs is 1. The molecular formula is C18H17F3N4O2. The van der Waals surface area contributed by atoms with Gasteiger partial charge in [-0.3, -0.25) is 9.36 Å². The molecule has 0 aliphatic rings. The van der Waals surface area contributed by atoms with E-state index in [2.05, 4.69) is 15.3 Å². The van der Waals surface area contributed by atoms with Gasteiger partial charge in [-0.1, -0.05) is 6.92 Å². The Morgan fingerprint density at radius 3 is 2.63 bits per heavy atom. The molecule has 27 heavy (non-hydrogen) atoms. The quantitative estimate of drug-likeness (QED) is 0.723. The number of imidazole rings is 1. The summed E-state index contributed by atoms with van der Waals surface area (Å²) in [5.74, 6) is -0.575. The van der Waals surface area contributed by atoms with Crippen LogP contribution in [0.4, 0.5) is 19.0 Å². The fourth-order valence-electron chi connectivity index (χ4n) is 2.66. The predicted octanol–water partition coefficient (Wildman–Crippen LogP) is 4.19.